The highest BCUT2D eigenvalue weighted by molar-refractivity contribution is 8.41. The first-order valence-electron chi connectivity index (χ1n) is 2.60. The topological polar surface area (TPSA) is 3.01 Å². The quantitative estimate of drug-likeness (QED) is 0.445. The molecule has 1 aliphatic heterocycles. The molecule has 0 atom stereocenters. The average Bonchev–Trinajstić information content (AvgIpc) is 2.12. The van der Waals surface area contributed by atoms with Crippen molar-refractivity contribution in [2.45, 2.75) is 0 Å². The predicted molar refractivity (Wildman–Crippen MR) is 42.0 cm³/mol. The van der Waals surface area contributed by atoms with Crippen molar-refractivity contribution in [1.82, 2.24) is 0 Å². The van der Waals surface area contributed by atoms with E-state index in [2.05, 4.69) is 18.7 Å². The molecule has 1 nitrogen and oxygen atoms in total. The molecular weight excluding hydrogens is 218 g/mol. The lowest BCUT2D eigenvalue weighted by Gasteiger charge is -1.87. The smallest absolute Gasteiger partial charge is 0.269 e. The predicted octanol–water partition coefficient (Wildman–Crippen LogP) is -1.90. The molecule has 0 unspecified atom stereocenters. The summed E-state index contributed by atoms with van der Waals surface area (Å²) in [5.41, 5.74) is 0. The van der Waals surface area contributed by atoms with Crippen LogP contribution in [0.1, 0.15) is 0 Å². The Kier molecular flexibility index (Phi) is 5.07. The normalized spacial score (nSPS) is 17.3. The highest BCUT2D eigenvalue weighted by Gasteiger charge is 2.15. The van der Waals surface area contributed by atoms with Gasteiger partial charge in [-0.05, 0) is 23.5 Å². The standard InChI is InChI=1S/C5H10NS2.BrH/c1-6(2)5-7-3-4-8-5;/h3-4H2,1-2H3;1H/q+1;/p-1. The number of hydrogen-bond donors (Lipinski definition) is 0. The Balaban J connectivity index is 0.000000640. The molecule has 9 heavy (non-hydrogen) atoms. The van der Waals surface area contributed by atoms with Crippen molar-refractivity contribution < 1.29 is 21.6 Å². The molecule has 0 aromatic heterocycles. The summed E-state index contributed by atoms with van der Waals surface area (Å²) in [6.07, 6.45) is 0. The van der Waals surface area contributed by atoms with E-state index in [-0.39, 0.29) is 17.0 Å². The van der Waals surface area contributed by atoms with Gasteiger partial charge in [0, 0.05) is 11.5 Å². The van der Waals surface area contributed by atoms with Crippen molar-refractivity contribution in [3.63, 3.8) is 0 Å². The van der Waals surface area contributed by atoms with Gasteiger partial charge in [-0.1, -0.05) is 0 Å². The van der Waals surface area contributed by atoms with E-state index in [1.54, 1.807) is 0 Å². The first kappa shape index (κ1) is 9.85. The second kappa shape index (κ2) is 4.63. The summed E-state index contributed by atoms with van der Waals surface area (Å²) in [5.74, 6) is 2.58. The van der Waals surface area contributed by atoms with Crippen molar-refractivity contribution in [2.75, 3.05) is 25.6 Å². The maximum Gasteiger partial charge on any atom is 0.269 e. The zero-order valence-corrected chi connectivity index (χ0v) is 8.77. The van der Waals surface area contributed by atoms with E-state index < -0.39 is 0 Å². The zero-order chi connectivity index (χ0) is 5.98. The summed E-state index contributed by atoms with van der Waals surface area (Å²) < 4.78 is 3.65. The Bertz CT molecular complexity index is 112. The molecule has 0 amide bonds. The number of hydrogen-bond acceptors (Lipinski definition) is 2. The lowest BCUT2D eigenvalue weighted by atomic mass is 11.0. The molecule has 0 aliphatic carbocycles. The minimum atomic E-state index is 0. The molecule has 0 saturated carbocycles. The van der Waals surface area contributed by atoms with Crippen LogP contribution in [0.5, 0.6) is 0 Å². The monoisotopic (exact) mass is 227 g/mol. The fourth-order valence-corrected chi connectivity index (χ4v) is 2.92. The molecule has 0 radical (unpaired) electrons. The van der Waals surface area contributed by atoms with Gasteiger partial charge in [0.25, 0.3) is 4.38 Å². The van der Waals surface area contributed by atoms with Crippen LogP contribution in [-0.2, 0) is 0 Å². The van der Waals surface area contributed by atoms with Crippen molar-refractivity contribution in [2.24, 2.45) is 0 Å². The van der Waals surface area contributed by atoms with Crippen LogP contribution in [0.3, 0.4) is 0 Å². The van der Waals surface area contributed by atoms with E-state index in [4.69, 9.17) is 0 Å². The van der Waals surface area contributed by atoms with Crippen LogP contribution in [0, 0.1) is 0 Å². The third-order valence-electron chi connectivity index (χ3n) is 0.900. The van der Waals surface area contributed by atoms with Crippen molar-refractivity contribution in [3.8, 4) is 0 Å². The Hall–Kier alpha value is 0.850. The van der Waals surface area contributed by atoms with Crippen molar-refractivity contribution in [1.29, 1.82) is 0 Å². The second-order valence-corrected chi connectivity index (χ2v) is 4.28. The van der Waals surface area contributed by atoms with Crippen LogP contribution in [0.4, 0.5) is 0 Å². The van der Waals surface area contributed by atoms with E-state index in [9.17, 15) is 0 Å². The van der Waals surface area contributed by atoms with Gasteiger partial charge < -0.3 is 17.0 Å². The van der Waals surface area contributed by atoms with Crippen molar-refractivity contribution in [3.05, 3.63) is 0 Å². The number of rotatable bonds is 0. The van der Waals surface area contributed by atoms with Gasteiger partial charge in [-0.3, -0.25) is 0 Å². The highest BCUT2D eigenvalue weighted by atomic mass is 79.9. The van der Waals surface area contributed by atoms with E-state index in [1.165, 1.54) is 15.9 Å². The molecule has 0 aromatic carbocycles. The summed E-state index contributed by atoms with van der Waals surface area (Å²) in [4.78, 5) is 0. The summed E-state index contributed by atoms with van der Waals surface area (Å²) in [6, 6.07) is 0. The molecular formula is C5H10BrNS2. The number of nitrogens with zero attached hydrogens (tertiary/aromatic N) is 1. The van der Waals surface area contributed by atoms with Crippen LogP contribution in [-0.4, -0.2) is 34.6 Å². The van der Waals surface area contributed by atoms with Gasteiger partial charge in [0.05, 0.1) is 0 Å². The SMILES string of the molecule is C[N+](C)=C1SCCS1.[Br-]. The van der Waals surface area contributed by atoms with E-state index in [1.807, 2.05) is 23.5 Å². The summed E-state index contributed by atoms with van der Waals surface area (Å²) >= 11 is 3.91. The van der Waals surface area contributed by atoms with Gasteiger partial charge in [-0.25, -0.2) is 4.58 Å². The maximum absolute atomic E-state index is 2.18. The molecule has 0 bridgehead atoms. The zero-order valence-electron chi connectivity index (χ0n) is 5.56. The minimum absolute atomic E-state index is 0. The van der Waals surface area contributed by atoms with Crippen LogP contribution >= 0.6 is 23.5 Å². The Morgan fingerprint density at radius 3 is 1.89 bits per heavy atom. The molecule has 1 fully saturated rings. The summed E-state index contributed by atoms with van der Waals surface area (Å²) in [7, 11) is 4.20. The lowest BCUT2D eigenvalue weighted by Crippen LogP contribution is -3.00. The maximum atomic E-state index is 2.18. The molecule has 0 aromatic rings. The van der Waals surface area contributed by atoms with Gasteiger partial charge >= 0.3 is 0 Å². The molecule has 54 valence electrons. The fraction of sp³-hybridized carbons (Fsp3) is 0.800. The Labute approximate surface area is 75.1 Å². The summed E-state index contributed by atoms with van der Waals surface area (Å²) in [5, 5.41) is 0. The second-order valence-electron chi connectivity index (χ2n) is 1.86. The molecule has 1 rings (SSSR count). The van der Waals surface area contributed by atoms with Crippen LogP contribution < -0.4 is 17.0 Å². The molecule has 0 spiro atoms. The molecule has 0 N–H and O–H groups in total. The third kappa shape index (κ3) is 2.96. The Morgan fingerprint density at radius 2 is 1.67 bits per heavy atom. The molecule has 4 heteroatoms. The third-order valence-corrected chi connectivity index (χ3v) is 3.91. The van der Waals surface area contributed by atoms with Gasteiger partial charge in [0.15, 0.2) is 0 Å². The first-order chi connectivity index (χ1) is 3.80. The molecule has 1 heterocycles. The molecule has 1 aliphatic rings. The van der Waals surface area contributed by atoms with Gasteiger partial charge in [0.1, 0.15) is 14.1 Å². The fourth-order valence-electron chi connectivity index (χ4n) is 0.558. The van der Waals surface area contributed by atoms with Crippen molar-refractivity contribution >= 4 is 27.9 Å². The number of halogens is 1. The van der Waals surface area contributed by atoms with Gasteiger partial charge in [-0.15, -0.1) is 0 Å². The first-order valence-corrected chi connectivity index (χ1v) is 4.57. The van der Waals surface area contributed by atoms with Gasteiger partial charge in [-0.2, -0.15) is 0 Å². The Morgan fingerprint density at radius 1 is 1.22 bits per heavy atom. The van der Waals surface area contributed by atoms with E-state index in [0.717, 1.165) is 0 Å². The lowest BCUT2D eigenvalue weighted by molar-refractivity contribution is -0.458. The minimum Gasteiger partial charge on any atom is -1.00 e. The van der Waals surface area contributed by atoms with Crippen LogP contribution in [0.25, 0.3) is 0 Å². The van der Waals surface area contributed by atoms with Crippen LogP contribution in [0.15, 0.2) is 0 Å². The summed E-state index contributed by atoms with van der Waals surface area (Å²) in [6.45, 7) is 0. The van der Waals surface area contributed by atoms with E-state index in [0.29, 0.717) is 0 Å². The largest absolute Gasteiger partial charge is 1.00 e. The van der Waals surface area contributed by atoms with Gasteiger partial charge in [0.2, 0.25) is 0 Å². The average molecular weight is 228 g/mol. The van der Waals surface area contributed by atoms with E-state index >= 15 is 0 Å². The van der Waals surface area contributed by atoms with Crippen LogP contribution in [0.2, 0.25) is 0 Å². The highest BCUT2D eigenvalue weighted by Crippen LogP contribution is 2.24. The number of thioether (sulfide) groups is 2. The molecule has 1 saturated heterocycles.